The van der Waals surface area contributed by atoms with Crippen LogP contribution in [0.3, 0.4) is 0 Å². The molecule has 0 aromatic heterocycles. The van der Waals surface area contributed by atoms with Crippen molar-refractivity contribution in [3.8, 4) is 0 Å². The van der Waals surface area contributed by atoms with Gasteiger partial charge in [0.25, 0.3) is 0 Å². The summed E-state index contributed by atoms with van der Waals surface area (Å²) < 4.78 is 12.1. The summed E-state index contributed by atoms with van der Waals surface area (Å²) in [4.78, 5) is 15.9. The number of rotatable bonds is 9. The summed E-state index contributed by atoms with van der Waals surface area (Å²) >= 11 is 0. The van der Waals surface area contributed by atoms with Gasteiger partial charge in [-0.25, -0.2) is 0 Å². The van der Waals surface area contributed by atoms with Crippen LogP contribution in [0.25, 0.3) is 0 Å². The molecule has 196 valence electrons. The van der Waals surface area contributed by atoms with E-state index in [4.69, 9.17) is 9.47 Å². The minimum atomic E-state index is -0.454. The van der Waals surface area contributed by atoms with Crippen LogP contribution in [0.5, 0.6) is 0 Å². The van der Waals surface area contributed by atoms with Crippen LogP contribution in [0, 0.1) is 22.7 Å². The fourth-order valence-electron chi connectivity index (χ4n) is 7.84. The number of methoxy groups -OCH3 is 1. The van der Waals surface area contributed by atoms with Gasteiger partial charge < -0.3 is 9.47 Å². The van der Waals surface area contributed by atoms with Gasteiger partial charge >= 0.3 is 5.97 Å². The topological polar surface area (TPSA) is 38.8 Å². The van der Waals surface area contributed by atoms with E-state index in [9.17, 15) is 4.79 Å². The lowest BCUT2D eigenvalue weighted by Gasteiger charge is -2.48. The van der Waals surface area contributed by atoms with Gasteiger partial charge in [-0.15, -0.1) is 0 Å². The summed E-state index contributed by atoms with van der Waals surface area (Å²) in [6.07, 6.45) is 10.8. The molecule has 35 heavy (non-hydrogen) atoms. The van der Waals surface area contributed by atoms with E-state index in [-0.39, 0.29) is 22.8 Å². The molecule has 0 saturated heterocycles. The average Bonchev–Trinajstić information content (AvgIpc) is 3.18. The first-order valence-electron chi connectivity index (χ1n) is 14.1. The number of nitrogens with zero attached hydrogens (tertiary/aromatic N) is 1. The first-order valence-corrected chi connectivity index (χ1v) is 14.1. The number of carbonyl (C=O) groups excluding carboxylic acids is 1. The van der Waals surface area contributed by atoms with E-state index in [1.54, 1.807) is 0 Å². The SMILES string of the molecule is CO[C@@H]1C[C@H]2CC[C@]1(CN(Cc1ccccc1)[C@H](CC(=O)OC(C)(C)C)C1CCCCC1)C2(C)C. The van der Waals surface area contributed by atoms with Crippen molar-refractivity contribution in [3.63, 3.8) is 0 Å². The monoisotopic (exact) mass is 483 g/mol. The average molecular weight is 484 g/mol. The number of fused-ring (bicyclic) bond motifs is 2. The van der Waals surface area contributed by atoms with Crippen molar-refractivity contribution in [1.29, 1.82) is 0 Å². The Kier molecular flexibility index (Phi) is 8.03. The second kappa shape index (κ2) is 10.5. The zero-order chi connectivity index (χ0) is 25.3. The largest absolute Gasteiger partial charge is 0.460 e. The van der Waals surface area contributed by atoms with Gasteiger partial charge in [0.15, 0.2) is 0 Å². The molecule has 0 aliphatic heterocycles. The van der Waals surface area contributed by atoms with Crippen LogP contribution in [0.2, 0.25) is 0 Å². The number of benzene rings is 1. The van der Waals surface area contributed by atoms with Crippen LogP contribution in [-0.2, 0) is 20.8 Å². The Hall–Kier alpha value is -1.39. The summed E-state index contributed by atoms with van der Waals surface area (Å²) in [5.74, 6) is 1.21. The van der Waals surface area contributed by atoms with E-state index in [0.29, 0.717) is 18.4 Å². The highest BCUT2D eigenvalue weighted by Crippen LogP contribution is 2.66. The van der Waals surface area contributed by atoms with Crippen molar-refractivity contribution >= 4 is 5.97 Å². The van der Waals surface area contributed by atoms with E-state index >= 15 is 0 Å². The maximum Gasteiger partial charge on any atom is 0.307 e. The Bertz CT molecular complexity index is 839. The van der Waals surface area contributed by atoms with Crippen LogP contribution in [0.1, 0.15) is 98.0 Å². The molecule has 3 aliphatic carbocycles. The minimum absolute atomic E-state index is 0.0538. The molecule has 0 N–H and O–H groups in total. The quantitative estimate of drug-likeness (QED) is 0.354. The van der Waals surface area contributed by atoms with Crippen LogP contribution >= 0.6 is 0 Å². The molecule has 3 aliphatic rings. The highest BCUT2D eigenvalue weighted by molar-refractivity contribution is 5.70. The van der Waals surface area contributed by atoms with Crippen molar-refractivity contribution in [2.45, 2.75) is 117 Å². The first kappa shape index (κ1) is 26.7. The summed E-state index contributed by atoms with van der Waals surface area (Å²) in [5.41, 5.74) is 1.24. The summed E-state index contributed by atoms with van der Waals surface area (Å²) in [7, 11) is 1.91. The molecule has 0 spiro atoms. The van der Waals surface area contributed by atoms with E-state index in [1.807, 2.05) is 27.9 Å². The van der Waals surface area contributed by atoms with E-state index in [0.717, 1.165) is 19.0 Å². The van der Waals surface area contributed by atoms with Crippen molar-refractivity contribution < 1.29 is 14.3 Å². The van der Waals surface area contributed by atoms with Gasteiger partial charge in [-0.1, -0.05) is 63.4 Å². The van der Waals surface area contributed by atoms with Crippen molar-refractivity contribution in [2.75, 3.05) is 13.7 Å². The van der Waals surface area contributed by atoms with Crippen molar-refractivity contribution in [2.24, 2.45) is 22.7 Å². The molecule has 0 amide bonds. The first-order chi connectivity index (χ1) is 16.6. The van der Waals surface area contributed by atoms with Crippen molar-refractivity contribution in [3.05, 3.63) is 35.9 Å². The number of ether oxygens (including phenoxy) is 2. The zero-order valence-electron chi connectivity index (χ0n) is 23.1. The van der Waals surface area contributed by atoms with Crippen LogP contribution < -0.4 is 0 Å². The highest BCUT2D eigenvalue weighted by atomic mass is 16.6. The van der Waals surface area contributed by atoms with E-state index < -0.39 is 5.60 Å². The third kappa shape index (κ3) is 5.64. The van der Waals surface area contributed by atoms with E-state index in [1.165, 1.54) is 56.9 Å². The molecule has 0 radical (unpaired) electrons. The lowest BCUT2D eigenvalue weighted by molar-refractivity contribution is -0.157. The van der Waals surface area contributed by atoms with Gasteiger partial charge in [0.1, 0.15) is 5.60 Å². The fraction of sp³-hybridized carbons (Fsp3) is 0.774. The summed E-state index contributed by atoms with van der Waals surface area (Å²) in [6, 6.07) is 11.0. The molecule has 4 atom stereocenters. The minimum Gasteiger partial charge on any atom is -0.460 e. The Morgan fingerprint density at radius 2 is 1.77 bits per heavy atom. The van der Waals surface area contributed by atoms with Crippen LogP contribution in [0.4, 0.5) is 0 Å². The van der Waals surface area contributed by atoms with Crippen molar-refractivity contribution in [1.82, 2.24) is 4.90 Å². The molecule has 3 saturated carbocycles. The van der Waals surface area contributed by atoms with Gasteiger partial charge in [-0.05, 0) is 75.7 Å². The zero-order valence-corrected chi connectivity index (χ0v) is 23.1. The normalized spacial score (nSPS) is 29.5. The molecular weight excluding hydrogens is 434 g/mol. The van der Waals surface area contributed by atoms with Gasteiger partial charge in [0, 0.05) is 31.7 Å². The molecule has 1 aromatic rings. The predicted octanol–water partition coefficient (Wildman–Crippen LogP) is 7.01. The van der Waals surface area contributed by atoms with Gasteiger partial charge in [0.05, 0.1) is 12.5 Å². The number of hydrogen-bond acceptors (Lipinski definition) is 4. The Labute approximate surface area is 214 Å². The molecule has 0 heterocycles. The molecule has 0 unspecified atom stereocenters. The fourth-order valence-corrected chi connectivity index (χ4v) is 7.84. The standard InChI is InChI=1S/C31H49NO3/c1-29(2,3)35-28(33)20-26(24-15-11-8-12-16-24)32(21-23-13-9-7-10-14-23)22-31-18-17-25(30(31,4)5)19-27(31)34-6/h7,9-10,13-14,24-27H,8,11-12,15-22H2,1-6H3/t25-,26-,27-,31-/m1/s1. The van der Waals surface area contributed by atoms with Crippen LogP contribution in [0.15, 0.2) is 30.3 Å². The maximum atomic E-state index is 13.2. The molecule has 4 heteroatoms. The molecule has 3 fully saturated rings. The van der Waals surface area contributed by atoms with E-state index in [2.05, 4.69) is 49.1 Å². The van der Waals surface area contributed by atoms with Gasteiger partial charge in [-0.3, -0.25) is 9.69 Å². The molecule has 4 rings (SSSR count). The van der Waals surface area contributed by atoms with Gasteiger partial charge in [0.2, 0.25) is 0 Å². The molecule has 1 aromatic carbocycles. The molecular formula is C31H49NO3. The Morgan fingerprint density at radius 3 is 2.37 bits per heavy atom. The molecule has 2 bridgehead atoms. The second-order valence-electron chi connectivity index (χ2n) is 13.2. The maximum absolute atomic E-state index is 13.2. The molecule has 4 nitrogen and oxygen atoms in total. The predicted molar refractivity (Wildman–Crippen MR) is 142 cm³/mol. The summed E-state index contributed by atoms with van der Waals surface area (Å²) in [6.45, 7) is 12.8. The Balaban J connectivity index is 1.68. The Morgan fingerprint density at radius 1 is 1.09 bits per heavy atom. The number of carbonyl (C=O) groups is 1. The third-order valence-corrected chi connectivity index (χ3v) is 9.81. The summed E-state index contributed by atoms with van der Waals surface area (Å²) in [5, 5.41) is 0. The lowest BCUT2D eigenvalue weighted by atomic mass is 9.67. The third-order valence-electron chi connectivity index (χ3n) is 9.81. The van der Waals surface area contributed by atoms with Gasteiger partial charge in [-0.2, -0.15) is 0 Å². The lowest BCUT2D eigenvalue weighted by Crippen LogP contribution is -2.53. The second-order valence-corrected chi connectivity index (χ2v) is 13.2. The smallest absolute Gasteiger partial charge is 0.307 e. The van der Waals surface area contributed by atoms with Crippen LogP contribution in [-0.4, -0.2) is 42.3 Å². The number of hydrogen-bond donors (Lipinski definition) is 0. The highest BCUT2D eigenvalue weighted by Gasteiger charge is 2.64. The number of esters is 1.